The third kappa shape index (κ3) is 3.79. The molecule has 88 valence electrons. The van der Waals surface area contributed by atoms with Crippen molar-refractivity contribution in [1.82, 2.24) is 4.98 Å². The van der Waals surface area contributed by atoms with Gasteiger partial charge in [0.15, 0.2) is 0 Å². The molecule has 1 heterocycles. The fourth-order valence-corrected chi connectivity index (χ4v) is 1.63. The van der Waals surface area contributed by atoms with Gasteiger partial charge in [0.1, 0.15) is 5.75 Å². The standard InChI is InChI=1S/C14H16N2O/c15-13-9-14(11-16-10-13)17-8-4-7-12-5-2-1-3-6-12/h1-3,5-6,9-11H,4,7-8,15H2. The Morgan fingerprint density at radius 2 is 1.94 bits per heavy atom. The lowest BCUT2D eigenvalue weighted by Gasteiger charge is -2.06. The van der Waals surface area contributed by atoms with Crippen LogP contribution in [0, 0.1) is 0 Å². The summed E-state index contributed by atoms with van der Waals surface area (Å²) in [5.74, 6) is 0.734. The number of pyridine rings is 1. The number of aryl methyl sites for hydroxylation is 1. The highest BCUT2D eigenvalue weighted by atomic mass is 16.5. The zero-order chi connectivity index (χ0) is 11.9. The molecule has 2 aromatic rings. The van der Waals surface area contributed by atoms with E-state index < -0.39 is 0 Å². The van der Waals surface area contributed by atoms with E-state index in [-0.39, 0.29) is 0 Å². The molecule has 0 fully saturated rings. The maximum Gasteiger partial charge on any atom is 0.139 e. The number of ether oxygens (including phenoxy) is 1. The summed E-state index contributed by atoms with van der Waals surface area (Å²) >= 11 is 0. The Morgan fingerprint density at radius 3 is 2.71 bits per heavy atom. The second-order valence-electron chi connectivity index (χ2n) is 3.89. The van der Waals surface area contributed by atoms with Crippen molar-refractivity contribution >= 4 is 5.69 Å². The Labute approximate surface area is 101 Å². The second-order valence-corrected chi connectivity index (χ2v) is 3.89. The first kappa shape index (κ1) is 11.5. The Kier molecular flexibility index (Phi) is 3.97. The summed E-state index contributed by atoms with van der Waals surface area (Å²) in [5, 5.41) is 0. The van der Waals surface area contributed by atoms with Crippen molar-refractivity contribution in [1.29, 1.82) is 0 Å². The Balaban J connectivity index is 1.73. The summed E-state index contributed by atoms with van der Waals surface area (Å²) in [6, 6.07) is 12.2. The van der Waals surface area contributed by atoms with Gasteiger partial charge in [-0.15, -0.1) is 0 Å². The van der Waals surface area contributed by atoms with E-state index in [1.54, 1.807) is 18.5 Å². The number of nitrogens with zero attached hydrogens (tertiary/aromatic N) is 1. The zero-order valence-electron chi connectivity index (χ0n) is 9.67. The van der Waals surface area contributed by atoms with Gasteiger partial charge in [-0.2, -0.15) is 0 Å². The number of nitrogen functional groups attached to an aromatic ring is 1. The minimum Gasteiger partial charge on any atom is -0.492 e. The quantitative estimate of drug-likeness (QED) is 0.800. The van der Waals surface area contributed by atoms with Crippen molar-refractivity contribution < 1.29 is 4.74 Å². The van der Waals surface area contributed by atoms with E-state index in [0.717, 1.165) is 18.6 Å². The molecule has 0 amide bonds. The summed E-state index contributed by atoms with van der Waals surface area (Å²) in [4.78, 5) is 3.97. The van der Waals surface area contributed by atoms with Gasteiger partial charge in [0.25, 0.3) is 0 Å². The van der Waals surface area contributed by atoms with Crippen LogP contribution < -0.4 is 10.5 Å². The molecule has 0 bridgehead atoms. The molecule has 17 heavy (non-hydrogen) atoms. The molecule has 3 nitrogen and oxygen atoms in total. The van der Waals surface area contributed by atoms with Crippen molar-refractivity contribution in [3.63, 3.8) is 0 Å². The smallest absolute Gasteiger partial charge is 0.139 e. The average molecular weight is 228 g/mol. The third-order valence-corrected chi connectivity index (χ3v) is 2.46. The van der Waals surface area contributed by atoms with Crippen LogP contribution in [-0.4, -0.2) is 11.6 Å². The summed E-state index contributed by atoms with van der Waals surface area (Å²) in [7, 11) is 0. The van der Waals surface area contributed by atoms with Gasteiger partial charge in [-0.05, 0) is 18.4 Å². The minimum atomic E-state index is 0.630. The first-order valence-corrected chi connectivity index (χ1v) is 5.72. The number of hydrogen-bond acceptors (Lipinski definition) is 3. The average Bonchev–Trinajstić information content (AvgIpc) is 2.36. The summed E-state index contributed by atoms with van der Waals surface area (Å²) in [5.41, 5.74) is 7.58. The fraction of sp³-hybridized carbons (Fsp3) is 0.214. The van der Waals surface area contributed by atoms with Gasteiger partial charge in [-0.25, -0.2) is 0 Å². The van der Waals surface area contributed by atoms with Crippen LogP contribution >= 0.6 is 0 Å². The van der Waals surface area contributed by atoms with E-state index in [9.17, 15) is 0 Å². The van der Waals surface area contributed by atoms with Gasteiger partial charge in [0.05, 0.1) is 24.7 Å². The molecular formula is C14H16N2O. The molecule has 0 atom stereocenters. The zero-order valence-corrected chi connectivity index (χ0v) is 9.67. The van der Waals surface area contributed by atoms with E-state index in [2.05, 4.69) is 29.2 Å². The Hall–Kier alpha value is -2.03. The second kappa shape index (κ2) is 5.89. The van der Waals surface area contributed by atoms with Crippen molar-refractivity contribution in [2.24, 2.45) is 0 Å². The first-order valence-electron chi connectivity index (χ1n) is 5.72. The van der Waals surface area contributed by atoms with Crippen molar-refractivity contribution in [2.45, 2.75) is 12.8 Å². The largest absolute Gasteiger partial charge is 0.492 e. The predicted molar refractivity (Wildman–Crippen MR) is 68.9 cm³/mol. The molecule has 0 saturated carbocycles. The predicted octanol–water partition coefficient (Wildman–Crippen LogP) is 2.68. The Morgan fingerprint density at radius 1 is 1.12 bits per heavy atom. The monoisotopic (exact) mass is 228 g/mol. The van der Waals surface area contributed by atoms with Crippen LogP contribution in [0.15, 0.2) is 48.8 Å². The molecule has 0 unspecified atom stereocenters. The number of hydrogen-bond donors (Lipinski definition) is 1. The first-order chi connectivity index (χ1) is 8.34. The lowest BCUT2D eigenvalue weighted by Crippen LogP contribution is -2.00. The van der Waals surface area contributed by atoms with Crippen LogP contribution in [0.3, 0.4) is 0 Å². The molecule has 1 aromatic carbocycles. The molecule has 0 aliphatic rings. The van der Waals surface area contributed by atoms with Gasteiger partial charge >= 0.3 is 0 Å². The minimum absolute atomic E-state index is 0.630. The number of benzene rings is 1. The van der Waals surface area contributed by atoms with E-state index in [4.69, 9.17) is 10.5 Å². The van der Waals surface area contributed by atoms with E-state index >= 15 is 0 Å². The fourth-order valence-electron chi connectivity index (χ4n) is 1.63. The van der Waals surface area contributed by atoms with Crippen LogP contribution in [0.4, 0.5) is 5.69 Å². The van der Waals surface area contributed by atoms with Crippen molar-refractivity contribution in [2.75, 3.05) is 12.3 Å². The number of anilines is 1. The number of nitrogens with two attached hydrogens (primary N) is 1. The molecule has 0 radical (unpaired) electrons. The topological polar surface area (TPSA) is 48.1 Å². The molecule has 1 aromatic heterocycles. The van der Waals surface area contributed by atoms with Gasteiger partial charge in [0.2, 0.25) is 0 Å². The lowest BCUT2D eigenvalue weighted by atomic mass is 10.1. The lowest BCUT2D eigenvalue weighted by molar-refractivity contribution is 0.310. The summed E-state index contributed by atoms with van der Waals surface area (Å²) in [6.07, 6.45) is 5.30. The molecule has 2 N–H and O–H groups in total. The van der Waals surface area contributed by atoms with Crippen LogP contribution in [0.2, 0.25) is 0 Å². The molecule has 0 aliphatic carbocycles. The SMILES string of the molecule is Nc1cncc(OCCCc2ccccc2)c1. The highest BCUT2D eigenvalue weighted by molar-refractivity contribution is 5.39. The molecule has 0 aliphatic heterocycles. The van der Waals surface area contributed by atoms with Gasteiger partial charge in [-0.3, -0.25) is 4.98 Å². The third-order valence-electron chi connectivity index (χ3n) is 2.46. The van der Waals surface area contributed by atoms with Crippen LogP contribution in [0.25, 0.3) is 0 Å². The van der Waals surface area contributed by atoms with Crippen LogP contribution in [-0.2, 0) is 6.42 Å². The van der Waals surface area contributed by atoms with Gasteiger partial charge < -0.3 is 10.5 Å². The number of aromatic nitrogens is 1. The molecule has 3 heteroatoms. The maximum absolute atomic E-state index is 5.61. The van der Waals surface area contributed by atoms with Crippen LogP contribution in [0.1, 0.15) is 12.0 Å². The molecule has 0 saturated heterocycles. The molecular weight excluding hydrogens is 212 g/mol. The van der Waals surface area contributed by atoms with Crippen molar-refractivity contribution in [3.8, 4) is 5.75 Å². The van der Waals surface area contributed by atoms with Gasteiger partial charge in [0, 0.05) is 6.07 Å². The number of rotatable bonds is 5. The summed E-state index contributed by atoms with van der Waals surface area (Å²) < 4.78 is 5.57. The Bertz CT molecular complexity index is 457. The van der Waals surface area contributed by atoms with Crippen LogP contribution in [0.5, 0.6) is 5.75 Å². The van der Waals surface area contributed by atoms with E-state index in [0.29, 0.717) is 12.3 Å². The van der Waals surface area contributed by atoms with Gasteiger partial charge in [-0.1, -0.05) is 30.3 Å². The molecule has 0 spiro atoms. The highest BCUT2D eigenvalue weighted by Gasteiger charge is 1.96. The molecule has 2 rings (SSSR count). The van der Waals surface area contributed by atoms with E-state index in [1.165, 1.54) is 5.56 Å². The maximum atomic E-state index is 5.61. The van der Waals surface area contributed by atoms with E-state index in [1.807, 2.05) is 6.07 Å². The highest BCUT2D eigenvalue weighted by Crippen LogP contribution is 2.12. The summed E-state index contributed by atoms with van der Waals surface area (Å²) in [6.45, 7) is 0.681. The normalized spacial score (nSPS) is 10.1. The van der Waals surface area contributed by atoms with Crippen molar-refractivity contribution in [3.05, 3.63) is 54.4 Å².